The monoisotopic (exact) mass is 426 g/mol. The Hall–Kier alpha value is -3.33. The molecule has 4 rings (SSSR count). The van der Waals surface area contributed by atoms with Crippen molar-refractivity contribution < 1.29 is 23.5 Å². The first-order valence-corrected chi connectivity index (χ1v) is 9.99. The average Bonchev–Trinajstić information content (AvgIpc) is 3.13. The molecule has 0 spiro atoms. The van der Waals surface area contributed by atoms with Gasteiger partial charge in [-0.1, -0.05) is 0 Å². The van der Waals surface area contributed by atoms with E-state index in [9.17, 15) is 14.0 Å². The summed E-state index contributed by atoms with van der Waals surface area (Å²) in [4.78, 5) is 30.5. The molecule has 1 aromatic carbocycles. The van der Waals surface area contributed by atoms with Gasteiger partial charge in [0, 0.05) is 24.9 Å². The molecule has 8 nitrogen and oxygen atoms in total. The number of hydrogen-bond acceptors (Lipinski definition) is 6. The largest absolute Gasteiger partial charge is 0.491 e. The van der Waals surface area contributed by atoms with Crippen LogP contribution < -0.4 is 4.74 Å². The number of amides is 1. The molecule has 1 aliphatic heterocycles. The third kappa shape index (κ3) is 4.27. The second kappa shape index (κ2) is 8.43. The van der Waals surface area contributed by atoms with E-state index in [1.165, 1.54) is 19.1 Å². The van der Waals surface area contributed by atoms with Crippen LogP contribution in [0.2, 0.25) is 0 Å². The Morgan fingerprint density at radius 2 is 2.06 bits per heavy atom. The number of ketones is 1. The standard InChI is InChI=1S/C22H23FN4O4/c1-13-8-21-24-10-19(14(2)27(21)25-13)22(29)26-6-7-30-17(11-26)12-31-16-4-5-18(15(3)28)20(23)9-16/h4-5,8-10,17H,6-7,11-12H2,1-3H3. The van der Waals surface area contributed by atoms with Crippen LogP contribution in [0.3, 0.4) is 0 Å². The molecule has 3 heterocycles. The summed E-state index contributed by atoms with van der Waals surface area (Å²) < 4.78 is 27.0. The van der Waals surface area contributed by atoms with E-state index < -0.39 is 5.82 Å². The molecule has 0 saturated carbocycles. The topological polar surface area (TPSA) is 86.0 Å². The second-order valence-corrected chi connectivity index (χ2v) is 7.57. The van der Waals surface area contributed by atoms with E-state index in [-0.39, 0.29) is 30.0 Å². The predicted molar refractivity (Wildman–Crippen MR) is 110 cm³/mol. The van der Waals surface area contributed by atoms with Crippen molar-refractivity contribution in [2.24, 2.45) is 0 Å². The van der Waals surface area contributed by atoms with Gasteiger partial charge < -0.3 is 14.4 Å². The quantitative estimate of drug-likeness (QED) is 0.583. The molecule has 1 aliphatic rings. The molecule has 2 aromatic heterocycles. The number of nitrogens with zero attached hydrogens (tertiary/aromatic N) is 4. The minimum Gasteiger partial charge on any atom is -0.491 e. The highest BCUT2D eigenvalue weighted by molar-refractivity contribution is 5.95. The smallest absolute Gasteiger partial charge is 0.257 e. The zero-order valence-electron chi connectivity index (χ0n) is 17.6. The fraction of sp³-hybridized carbons (Fsp3) is 0.364. The summed E-state index contributed by atoms with van der Waals surface area (Å²) in [6, 6.07) is 5.98. The number of halogens is 1. The van der Waals surface area contributed by atoms with Crippen LogP contribution in [0, 0.1) is 19.7 Å². The maximum absolute atomic E-state index is 14.0. The van der Waals surface area contributed by atoms with Gasteiger partial charge in [0.05, 0.1) is 35.7 Å². The van der Waals surface area contributed by atoms with Crippen LogP contribution in [0.5, 0.6) is 5.75 Å². The molecule has 162 valence electrons. The molecule has 0 N–H and O–H groups in total. The third-order valence-corrected chi connectivity index (χ3v) is 5.26. The molecule has 1 saturated heterocycles. The van der Waals surface area contributed by atoms with Crippen LogP contribution in [0.25, 0.3) is 5.65 Å². The number of benzene rings is 1. The van der Waals surface area contributed by atoms with Crippen molar-refractivity contribution in [1.82, 2.24) is 19.5 Å². The summed E-state index contributed by atoms with van der Waals surface area (Å²) in [6.45, 7) is 6.33. The van der Waals surface area contributed by atoms with Crippen molar-refractivity contribution in [2.45, 2.75) is 26.9 Å². The van der Waals surface area contributed by atoms with Crippen molar-refractivity contribution in [3.8, 4) is 5.75 Å². The predicted octanol–water partition coefficient (Wildman–Crippen LogP) is 2.61. The Labute approximate surface area is 178 Å². The second-order valence-electron chi connectivity index (χ2n) is 7.57. The van der Waals surface area contributed by atoms with Gasteiger partial charge in [-0.25, -0.2) is 13.9 Å². The van der Waals surface area contributed by atoms with E-state index in [0.29, 0.717) is 36.7 Å². The summed E-state index contributed by atoms with van der Waals surface area (Å²) >= 11 is 0. The zero-order valence-corrected chi connectivity index (χ0v) is 17.6. The molecule has 0 aliphatic carbocycles. The SMILES string of the molecule is CC(=O)c1ccc(OCC2CN(C(=O)c3cnc4cc(C)nn4c3C)CCO2)cc1F. The van der Waals surface area contributed by atoms with E-state index in [1.807, 2.05) is 19.9 Å². The fourth-order valence-corrected chi connectivity index (χ4v) is 3.61. The summed E-state index contributed by atoms with van der Waals surface area (Å²) in [6.07, 6.45) is 1.21. The number of ether oxygens (including phenoxy) is 2. The molecule has 3 aromatic rings. The van der Waals surface area contributed by atoms with Crippen LogP contribution in [-0.2, 0) is 4.74 Å². The zero-order chi connectivity index (χ0) is 22.1. The molecule has 1 unspecified atom stereocenters. The highest BCUT2D eigenvalue weighted by atomic mass is 19.1. The molecule has 0 bridgehead atoms. The average molecular weight is 426 g/mol. The fourth-order valence-electron chi connectivity index (χ4n) is 3.61. The van der Waals surface area contributed by atoms with Crippen molar-refractivity contribution in [2.75, 3.05) is 26.3 Å². The first kappa shape index (κ1) is 20.9. The minimum absolute atomic E-state index is 0.0198. The summed E-state index contributed by atoms with van der Waals surface area (Å²) in [5.41, 5.74) is 2.76. The van der Waals surface area contributed by atoms with Crippen molar-refractivity contribution in [1.29, 1.82) is 0 Å². The molecular weight excluding hydrogens is 403 g/mol. The number of rotatable bonds is 5. The number of aromatic nitrogens is 3. The Bertz CT molecular complexity index is 1160. The van der Waals surface area contributed by atoms with Gasteiger partial charge in [0.15, 0.2) is 11.4 Å². The lowest BCUT2D eigenvalue weighted by atomic mass is 10.1. The number of hydrogen-bond donors (Lipinski definition) is 0. The summed E-state index contributed by atoms with van der Waals surface area (Å²) in [5.74, 6) is -0.819. The van der Waals surface area contributed by atoms with Crippen LogP contribution in [0.4, 0.5) is 4.39 Å². The highest BCUT2D eigenvalue weighted by Gasteiger charge is 2.27. The molecule has 1 fully saturated rings. The van der Waals surface area contributed by atoms with E-state index >= 15 is 0 Å². The van der Waals surface area contributed by atoms with E-state index in [1.54, 1.807) is 21.7 Å². The normalized spacial score (nSPS) is 16.5. The lowest BCUT2D eigenvalue weighted by Gasteiger charge is -2.33. The van der Waals surface area contributed by atoms with Crippen molar-refractivity contribution in [3.63, 3.8) is 0 Å². The van der Waals surface area contributed by atoms with Crippen molar-refractivity contribution in [3.05, 3.63) is 58.8 Å². The number of carbonyl (C=O) groups excluding carboxylic acids is 2. The summed E-state index contributed by atoms with van der Waals surface area (Å²) in [5, 5.41) is 4.39. The van der Waals surface area contributed by atoms with E-state index in [2.05, 4.69) is 10.1 Å². The Kier molecular flexibility index (Phi) is 5.69. The maximum atomic E-state index is 14.0. The molecule has 1 amide bonds. The third-order valence-electron chi connectivity index (χ3n) is 5.26. The Morgan fingerprint density at radius 1 is 1.26 bits per heavy atom. The molecule has 9 heteroatoms. The van der Waals surface area contributed by atoms with Crippen molar-refractivity contribution >= 4 is 17.3 Å². The molecular formula is C22H23FN4O4. The van der Waals surface area contributed by atoms with Gasteiger partial charge in [-0.05, 0) is 32.9 Å². The van der Waals surface area contributed by atoms with Crippen LogP contribution >= 0.6 is 0 Å². The molecule has 31 heavy (non-hydrogen) atoms. The lowest BCUT2D eigenvalue weighted by molar-refractivity contribution is -0.0402. The lowest BCUT2D eigenvalue weighted by Crippen LogP contribution is -2.47. The van der Waals surface area contributed by atoms with E-state index in [4.69, 9.17) is 9.47 Å². The van der Waals surface area contributed by atoms with Crippen LogP contribution in [0.1, 0.15) is 39.0 Å². The Balaban J connectivity index is 1.43. The van der Waals surface area contributed by atoms with Gasteiger partial charge in [0.2, 0.25) is 0 Å². The van der Waals surface area contributed by atoms with Gasteiger partial charge in [0.1, 0.15) is 24.3 Å². The van der Waals surface area contributed by atoms with Gasteiger partial charge >= 0.3 is 0 Å². The highest BCUT2D eigenvalue weighted by Crippen LogP contribution is 2.19. The first-order valence-electron chi connectivity index (χ1n) is 9.99. The number of morpholine rings is 1. The maximum Gasteiger partial charge on any atom is 0.257 e. The Morgan fingerprint density at radius 3 is 2.81 bits per heavy atom. The van der Waals surface area contributed by atoms with Gasteiger partial charge in [-0.3, -0.25) is 9.59 Å². The van der Waals surface area contributed by atoms with Gasteiger partial charge in [-0.2, -0.15) is 5.10 Å². The molecule has 0 radical (unpaired) electrons. The minimum atomic E-state index is -0.626. The van der Waals surface area contributed by atoms with Crippen LogP contribution in [-0.4, -0.2) is 63.6 Å². The molecule has 1 atom stereocenters. The van der Waals surface area contributed by atoms with Gasteiger partial charge in [0.25, 0.3) is 5.91 Å². The first-order chi connectivity index (χ1) is 14.8. The number of aryl methyl sites for hydroxylation is 2. The van der Waals surface area contributed by atoms with Crippen LogP contribution in [0.15, 0.2) is 30.5 Å². The number of carbonyl (C=O) groups is 2. The summed E-state index contributed by atoms with van der Waals surface area (Å²) in [7, 11) is 0. The number of fused-ring (bicyclic) bond motifs is 1. The number of Topliss-reactive ketones (excluding diaryl/α,β-unsaturated/α-hetero) is 1. The van der Waals surface area contributed by atoms with E-state index in [0.717, 1.165) is 11.4 Å². The van der Waals surface area contributed by atoms with Gasteiger partial charge in [-0.15, -0.1) is 0 Å².